The average Bonchev–Trinajstić information content (AvgIpc) is 2.96. The van der Waals surface area contributed by atoms with Crippen molar-refractivity contribution < 1.29 is 0 Å². The topological polar surface area (TPSA) is 54.5 Å². The lowest BCUT2D eigenvalue weighted by Gasteiger charge is -1.97. The molecule has 4 nitrogen and oxygen atoms in total. The molecule has 0 spiro atoms. The van der Waals surface area contributed by atoms with E-state index in [9.17, 15) is 0 Å². The van der Waals surface area contributed by atoms with Gasteiger partial charge in [0.25, 0.3) is 0 Å². The second-order valence-electron chi connectivity index (χ2n) is 4.31. The predicted molar refractivity (Wildman–Crippen MR) is 73.5 cm³/mol. The van der Waals surface area contributed by atoms with Gasteiger partial charge >= 0.3 is 0 Å². The highest BCUT2D eigenvalue weighted by molar-refractivity contribution is 5.47. The lowest BCUT2D eigenvalue weighted by atomic mass is 10.1. The normalized spacial score (nSPS) is 10.5. The molecular weight excluding hydrogens is 236 g/mol. The lowest BCUT2D eigenvalue weighted by Crippen LogP contribution is -1.93. The van der Waals surface area contributed by atoms with Crippen molar-refractivity contribution in [3.05, 3.63) is 66.1 Å². The van der Waals surface area contributed by atoms with Gasteiger partial charge in [-0.2, -0.15) is 5.10 Å². The molecule has 1 N–H and O–H groups in total. The summed E-state index contributed by atoms with van der Waals surface area (Å²) in [6, 6.07) is 16.1. The molecule has 0 saturated heterocycles. The highest BCUT2D eigenvalue weighted by atomic mass is 15.2. The van der Waals surface area contributed by atoms with Crippen LogP contribution < -0.4 is 0 Å². The molecule has 1 aromatic carbocycles. The molecule has 19 heavy (non-hydrogen) atoms. The summed E-state index contributed by atoms with van der Waals surface area (Å²) in [6.07, 6.45) is 3.55. The molecule has 0 aliphatic carbocycles. The third-order valence-electron chi connectivity index (χ3n) is 2.92. The summed E-state index contributed by atoms with van der Waals surface area (Å²) in [5.41, 5.74) is 2.10. The molecule has 3 rings (SSSR count). The van der Waals surface area contributed by atoms with Gasteiger partial charge in [0.05, 0.1) is 0 Å². The molecule has 94 valence electrons. The van der Waals surface area contributed by atoms with Crippen molar-refractivity contribution in [1.82, 2.24) is 20.2 Å². The quantitative estimate of drug-likeness (QED) is 0.774. The summed E-state index contributed by atoms with van der Waals surface area (Å²) in [7, 11) is 0. The molecule has 0 saturated carbocycles. The van der Waals surface area contributed by atoms with Crippen molar-refractivity contribution in [2.24, 2.45) is 0 Å². The van der Waals surface area contributed by atoms with Crippen molar-refractivity contribution in [3.63, 3.8) is 0 Å². The Morgan fingerprint density at radius 2 is 1.74 bits per heavy atom. The summed E-state index contributed by atoms with van der Waals surface area (Å²) >= 11 is 0. The zero-order chi connectivity index (χ0) is 12.9. The molecule has 0 atom stereocenters. The number of nitrogens with one attached hydrogen (secondary N) is 1. The number of aromatic amines is 1. The highest BCUT2D eigenvalue weighted by Crippen LogP contribution is 2.11. The Bertz CT molecular complexity index is 632. The van der Waals surface area contributed by atoms with Gasteiger partial charge < -0.3 is 0 Å². The second-order valence-corrected chi connectivity index (χ2v) is 4.31. The van der Waals surface area contributed by atoms with Crippen LogP contribution in [-0.4, -0.2) is 20.2 Å². The summed E-state index contributed by atoms with van der Waals surface area (Å²) in [4.78, 5) is 8.70. The fraction of sp³-hybridized carbons (Fsp3) is 0.133. The van der Waals surface area contributed by atoms with Gasteiger partial charge in [0, 0.05) is 12.6 Å². The SMILES string of the molecule is c1ccc(CCc2nc(-c3ccccn3)n[nH]2)cc1. The number of rotatable bonds is 4. The van der Waals surface area contributed by atoms with E-state index in [2.05, 4.69) is 44.4 Å². The van der Waals surface area contributed by atoms with E-state index >= 15 is 0 Å². The molecule has 2 aromatic heterocycles. The summed E-state index contributed by atoms with van der Waals surface area (Å²) in [6.45, 7) is 0. The standard InChI is InChI=1S/C15H14N4/c1-2-6-12(7-3-1)9-10-14-17-15(19-18-14)13-8-4-5-11-16-13/h1-8,11H,9-10H2,(H,17,18,19). The number of pyridine rings is 1. The molecule has 0 unspecified atom stereocenters. The first-order valence-electron chi connectivity index (χ1n) is 6.28. The monoisotopic (exact) mass is 250 g/mol. The van der Waals surface area contributed by atoms with E-state index in [4.69, 9.17) is 0 Å². The van der Waals surface area contributed by atoms with Crippen molar-refractivity contribution in [2.75, 3.05) is 0 Å². The molecule has 0 bridgehead atoms. The van der Waals surface area contributed by atoms with Gasteiger partial charge in [-0.15, -0.1) is 0 Å². The first-order chi connectivity index (χ1) is 9.42. The molecule has 0 aliphatic rings. The maximum Gasteiger partial charge on any atom is 0.199 e. The Balaban J connectivity index is 1.69. The van der Waals surface area contributed by atoms with Crippen LogP contribution >= 0.6 is 0 Å². The number of aryl methyl sites for hydroxylation is 2. The fourth-order valence-electron chi connectivity index (χ4n) is 1.92. The zero-order valence-electron chi connectivity index (χ0n) is 10.5. The van der Waals surface area contributed by atoms with Gasteiger partial charge in [0.2, 0.25) is 0 Å². The van der Waals surface area contributed by atoms with E-state index in [1.807, 2.05) is 24.3 Å². The number of nitrogens with zero attached hydrogens (tertiary/aromatic N) is 3. The smallest absolute Gasteiger partial charge is 0.199 e. The number of H-pyrrole nitrogens is 1. The van der Waals surface area contributed by atoms with Crippen molar-refractivity contribution in [1.29, 1.82) is 0 Å². The average molecular weight is 250 g/mol. The van der Waals surface area contributed by atoms with Crippen LogP contribution in [0, 0.1) is 0 Å². The van der Waals surface area contributed by atoms with E-state index in [0.29, 0.717) is 5.82 Å². The molecule has 0 amide bonds. The Hall–Kier alpha value is -2.49. The lowest BCUT2D eigenvalue weighted by molar-refractivity contribution is 0.865. The van der Waals surface area contributed by atoms with Crippen LogP contribution in [0.4, 0.5) is 0 Å². The highest BCUT2D eigenvalue weighted by Gasteiger charge is 2.06. The van der Waals surface area contributed by atoms with E-state index < -0.39 is 0 Å². The minimum Gasteiger partial charge on any atom is -0.263 e. The van der Waals surface area contributed by atoms with Crippen LogP contribution in [0.1, 0.15) is 11.4 Å². The maximum absolute atomic E-state index is 4.47. The number of aromatic nitrogens is 4. The fourth-order valence-corrected chi connectivity index (χ4v) is 1.92. The van der Waals surface area contributed by atoms with Crippen molar-refractivity contribution in [2.45, 2.75) is 12.8 Å². The molecule has 4 heteroatoms. The van der Waals surface area contributed by atoms with Crippen LogP contribution in [0.15, 0.2) is 54.7 Å². The van der Waals surface area contributed by atoms with Crippen LogP contribution in [0.25, 0.3) is 11.5 Å². The van der Waals surface area contributed by atoms with E-state index in [1.54, 1.807) is 6.20 Å². The Labute approximate surface area is 111 Å². The van der Waals surface area contributed by atoms with Gasteiger partial charge in [-0.3, -0.25) is 10.1 Å². The third kappa shape index (κ3) is 2.85. The Kier molecular flexibility index (Phi) is 3.32. The first-order valence-corrected chi connectivity index (χ1v) is 6.28. The molecule has 0 radical (unpaired) electrons. The van der Waals surface area contributed by atoms with E-state index in [1.165, 1.54) is 5.56 Å². The molecule has 3 aromatic rings. The number of hydrogen-bond donors (Lipinski definition) is 1. The summed E-state index contributed by atoms with van der Waals surface area (Å²) < 4.78 is 0. The van der Waals surface area contributed by atoms with Crippen LogP contribution in [0.5, 0.6) is 0 Å². The number of hydrogen-bond acceptors (Lipinski definition) is 3. The van der Waals surface area contributed by atoms with E-state index in [-0.39, 0.29) is 0 Å². The van der Waals surface area contributed by atoms with Gasteiger partial charge in [0.1, 0.15) is 11.5 Å². The first kappa shape index (κ1) is 11.6. The van der Waals surface area contributed by atoms with Gasteiger partial charge in [-0.1, -0.05) is 36.4 Å². The van der Waals surface area contributed by atoms with Crippen molar-refractivity contribution in [3.8, 4) is 11.5 Å². The van der Waals surface area contributed by atoms with Crippen molar-refractivity contribution >= 4 is 0 Å². The minimum atomic E-state index is 0.656. The second kappa shape index (κ2) is 5.44. The predicted octanol–water partition coefficient (Wildman–Crippen LogP) is 2.65. The molecule has 2 heterocycles. The summed E-state index contributed by atoms with van der Waals surface area (Å²) in [5.74, 6) is 1.55. The van der Waals surface area contributed by atoms with Crippen LogP contribution in [0.3, 0.4) is 0 Å². The van der Waals surface area contributed by atoms with Gasteiger partial charge in [-0.25, -0.2) is 4.98 Å². The largest absolute Gasteiger partial charge is 0.263 e. The molecule has 0 fully saturated rings. The number of benzene rings is 1. The van der Waals surface area contributed by atoms with Crippen LogP contribution in [0.2, 0.25) is 0 Å². The third-order valence-corrected chi connectivity index (χ3v) is 2.92. The van der Waals surface area contributed by atoms with Gasteiger partial charge in [-0.05, 0) is 24.1 Å². The Morgan fingerprint density at radius 3 is 2.53 bits per heavy atom. The summed E-state index contributed by atoms with van der Waals surface area (Å²) in [5, 5.41) is 7.17. The Morgan fingerprint density at radius 1 is 0.895 bits per heavy atom. The molecular formula is C15H14N4. The minimum absolute atomic E-state index is 0.656. The maximum atomic E-state index is 4.47. The molecule has 0 aliphatic heterocycles. The van der Waals surface area contributed by atoms with Crippen LogP contribution in [-0.2, 0) is 12.8 Å². The van der Waals surface area contributed by atoms with E-state index in [0.717, 1.165) is 24.4 Å². The zero-order valence-corrected chi connectivity index (χ0v) is 10.5. The van der Waals surface area contributed by atoms with Gasteiger partial charge in [0.15, 0.2) is 5.82 Å².